The fourth-order valence-corrected chi connectivity index (χ4v) is 5.29. The first-order valence-electron chi connectivity index (χ1n) is 9.31. The predicted molar refractivity (Wildman–Crippen MR) is 111 cm³/mol. The minimum Gasteiger partial charge on any atom is -0.304 e. The van der Waals surface area contributed by atoms with Crippen molar-refractivity contribution in [2.75, 3.05) is 5.75 Å². The lowest BCUT2D eigenvalue weighted by atomic mass is 9.68. The monoisotopic (exact) mass is 419 g/mol. The molecule has 0 aliphatic carbocycles. The van der Waals surface area contributed by atoms with E-state index in [1.807, 2.05) is 6.92 Å². The lowest BCUT2D eigenvalue weighted by Crippen LogP contribution is -2.26. The molecule has 9 heteroatoms. The second-order valence-corrected chi connectivity index (χ2v) is 9.45. The van der Waals surface area contributed by atoms with Crippen LogP contribution in [0, 0.1) is 15.9 Å². The van der Waals surface area contributed by atoms with Crippen LogP contribution in [0.4, 0.5) is 10.1 Å². The molecule has 0 unspecified atom stereocenters. The van der Waals surface area contributed by atoms with E-state index in [0.717, 1.165) is 18.6 Å². The number of halogens is 1. The van der Waals surface area contributed by atoms with Gasteiger partial charge in [0.05, 0.1) is 15.6 Å². The van der Waals surface area contributed by atoms with Crippen molar-refractivity contribution >= 4 is 29.7 Å². The number of benzene rings is 2. The fraction of sp³-hybridized carbons (Fsp3) is 0.350. The second kappa shape index (κ2) is 9.30. The zero-order valence-corrected chi connectivity index (χ0v) is 17.2. The summed E-state index contributed by atoms with van der Waals surface area (Å²) in [4.78, 5) is 22.0. The number of sulfone groups is 1. The van der Waals surface area contributed by atoms with Crippen LogP contribution >= 0.6 is 0 Å². The maximum absolute atomic E-state index is 13.9. The van der Waals surface area contributed by atoms with Gasteiger partial charge in [-0.2, -0.15) is 0 Å². The number of rotatable bonds is 10. The third-order valence-electron chi connectivity index (χ3n) is 4.78. The van der Waals surface area contributed by atoms with Gasteiger partial charge in [-0.25, -0.2) is 12.8 Å². The Morgan fingerprint density at radius 3 is 2.59 bits per heavy atom. The summed E-state index contributed by atoms with van der Waals surface area (Å²) >= 11 is 0. The van der Waals surface area contributed by atoms with Crippen LogP contribution in [0.2, 0.25) is 5.31 Å². The molecule has 0 aliphatic rings. The fourth-order valence-electron chi connectivity index (χ4n) is 3.25. The van der Waals surface area contributed by atoms with Gasteiger partial charge < -0.3 is 4.79 Å². The maximum atomic E-state index is 13.9. The Morgan fingerprint density at radius 1 is 1.24 bits per heavy atom. The second-order valence-electron chi connectivity index (χ2n) is 7.49. The van der Waals surface area contributed by atoms with Gasteiger partial charge in [0.15, 0.2) is 9.84 Å². The molecule has 0 saturated carbocycles. The summed E-state index contributed by atoms with van der Waals surface area (Å²) < 4.78 is 40.0. The number of nitrogens with zero attached hydrogens (tertiary/aromatic N) is 1. The summed E-state index contributed by atoms with van der Waals surface area (Å²) in [6.45, 7) is 1.96. The zero-order chi connectivity index (χ0) is 21.7. The Morgan fingerprint density at radius 2 is 1.97 bits per heavy atom. The molecular weight excluding hydrogens is 396 g/mol. The van der Waals surface area contributed by atoms with Gasteiger partial charge in [-0.1, -0.05) is 31.9 Å². The molecule has 1 atom stereocenters. The summed E-state index contributed by atoms with van der Waals surface area (Å²) in [6.07, 6.45) is 2.67. The molecule has 2 rings (SSSR count). The van der Waals surface area contributed by atoms with Crippen LogP contribution in [-0.4, -0.2) is 33.2 Å². The van der Waals surface area contributed by atoms with E-state index >= 15 is 0 Å². The Bertz CT molecular complexity index is 1010. The van der Waals surface area contributed by atoms with Crippen molar-refractivity contribution in [2.24, 2.45) is 0 Å². The molecule has 6 nitrogen and oxygen atoms in total. The molecule has 0 N–H and O–H groups in total. The van der Waals surface area contributed by atoms with Gasteiger partial charge in [-0.15, -0.1) is 0 Å². The maximum Gasteiger partial charge on any atom is 0.269 e. The number of aldehydes is 1. The quantitative estimate of drug-likeness (QED) is 0.194. The molecule has 0 aromatic heterocycles. The number of hydrogen-bond donors (Lipinski definition) is 0. The van der Waals surface area contributed by atoms with E-state index in [4.69, 9.17) is 0 Å². The molecule has 29 heavy (non-hydrogen) atoms. The summed E-state index contributed by atoms with van der Waals surface area (Å²) in [5, 5.41) is 9.94. The number of nitro groups is 1. The average Bonchev–Trinajstić information content (AvgIpc) is 2.66. The first kappa shape index (κ1) is 22.7. The normalized spacial score (nSPS) is 13.6. The number of hydrogen-bond acceptors (Lipinski definition) is 5. The summed E-state index contributed by atoms with van der Waals surface area (Å²) in [7, 11) is -2.28. The van der Waals surface area contributed by atoms with E-state index < -0.39 is 25.9 Å². The first-order chi connectivity index (χ1) is 13.6. The van der Waals surface area contributed by atoms with E-state index in [1.54, 1.807) is 13.9 Å². The van der Waals surface area contributed by atoms with Crippen LogP contribution in [0.15, 0.2) is 47.4 Å². The van der Waals surface area contributed by atoms with Crippen LogP contribution in [0.3, 0.4) is 0 Å². The predicted octanol–water partition coefficient (Wildman–Crippen LogP) is 3.28. The van der Waals surface area contributed by atoms with Crippen LogP contribution < -0.4 is 0 Å². The average molecular weight is 419 g/mol. The Kier molecular flexibility index (Phi) is 7.29. The molecule has 0 heterocycles. The Balaban J connectivity index is 2.42. The van der Waals surface area contributed by atoms with Gasteiger partial charge in [0, 0.05) is 17.4 Å². The van der Waals surface area contributed by atoms with E-state index in [9.17, 15) is 27.7 Å². The topological polar surface area (TPSA) is 94.3 Å². The van der Waals surface area contributed by atoms with E-state index in [2.05, 4.69) is 0 Å². The third-order valence-corrected chi connectivity index (χ3v) is 6.89. The van der Waals surface area contributed by atoms with Crippen molar-refractivity contribution < 1.29 is 22.5 Å². The van der Waals surface area contributed by atoms with Crippen molar-refractivity contribution in [2.45, 2.75) is 42.8 Å². The number of non-ortho nitro benzene ring substituents is 1. The van der Waals surface area contributed by atoms with Crippen molar-refractivity contribution in [1.29, 1.82) is 0 Å². The van der Waals surface area contributed by atoms with Crippen LogP contribution in [0.1, 0.15) is 37.3 Å². The highest BCUT2D eigenvalue weighted by molar-refractivity contribution is 7.91. The lowest BCUT2D eigenvalue weighted by molar-refractivity contribution is -0.384. The highest BCUT2D eigenvalue weighted by Gasteiger charge is 2.32. The number of unbranched alkanes of at least 4 members (excludes halogenated alkanes) is 1. The Labute approximate surface area is 170 Å². The number of carbonyl (C=O) groups excluding carboxylic acids is 1. The minimum absolute atomic E-state index is 0.0146. The van der Waals surface area contributed by atoms with Crippen molar-refractivity contribution in [3.8, 4) is 0 Å². The lowest BCUT2D eigenvalue weighted by Gasteiger charge is -2.23. The minimum atomic E-state index is -3.89. The van der Waals surface area contributed by atoms with Gasteiger partial charge in [0.25, 0.3) is 5.69 Å². The van der Waals surface area contributed by atoms with Crippen molar-refractivity contribution in [3.63, 3.8) is 0 Å². The van der Waals surface area contributed by atoms with Crippen molar-refractivity contribution in [1.82, 2.24) is 0 Å². The van der Waals surface area contributed by atoms with E-state index in [1.165, 1.54) is 24.3 Å². The molecule has 0 aliphatic heterocycles. The molecule has 2 aromatic carbocycles. The van der Waals surface area contributed by atoms with Gasteiger partial charge >= 0.3 is 0 Å². The van der Waals surface area contributed by atoms with E-state index in [0.29, 0.717) is 24.7 Å². The van der Waals surface area contributed by atoms with Gasteiger partial charge in [0.1, 0.15) is 19.9 Å². The molecule has 0 spiro atoms. The molecule has 0 saturated heterocycles. The SMILES string of the molecule is B[C@@](C=O)(CCCC)CS(=O)(=O)c1ccc(F)cc1Cc1cccc([N+](=O)[O-])c1. The van der Waals surface area contributed by atoms with Crippen LogP contribution in [0.5, 0.6) is 0 Å². The molecule has 2 aromatic rings. The van der Waals surface area contributed by atoms with Crippen LogP contribution in [-0.2, 0) is 21.1 Å². The Hall–Kier alpha value is -2.55. The molecule has 0 radical (unpaired) electrons. The summed E-state index contributed by atoms with van der Waals surface area (Å²) in [5.74, 6) is -0.981. The largest absolute Gasteiger partial charge is 0.304 e. The molecule has 0 fully saturated rings. The highest BCUT2D eigenvalue weighted by atomic mass is 32.2. The standard InChI is InChI=1S/C20H23BFNO5S/c1-2-3-9-20(21,13-24)14-29(27,28)19-8-7-17(22)12-16(19)10-15-5-4-6-18(11-15)23(25)26/h4-8,11-13H,2-3,9-10,14,21H2,1H3/t20-/m1/s1. The summed E-state index contributed by atoms with van der Waals surface area (Å²) in [5.41, 5.74) is 0.566. The molecule has 0 bridgehead atoms. The highest BCUT2D eigenvalue weighted by Crippen LogP contribution is 2.32. The summed E-state index contributed by atoms with van der Waals surface area (Å²) in [6, 6.07) is 9.15. The molecule has 0 amide bonds. The molecule has 154 valence electrons. The van der Waals surface area contributed by atoms with E-state index in [-0.39, 0.29) is 28.3 Å². The van der Waals surface area contributed by atoms with Gasteiger partial charge in [-0.3, -0.25) is 10.1 Å². The first-order valence-corrected chi connectivity index (χ1v) is 11.0. The van der Waals surface area contributed by atoms with Gasteiger partial charge in [0.2, 0.25) is 0 Å². The number of carbonyl (C=O) groups is 1. The molecular formula is C20H23BFNO5S. The zero-order valence-electron chi connectivity index (χ0n) is 16.4. The van der Waals surface area contributed by atoms with Crippen LogP contribution in [0.25, 0.3) is 0 Å². The third kappa shape index (κ3) is 5.96. The van der Waals surface area contributed by atoms with Gasteiger partial charge in [-0.05, 0) is 42.2 Å². The smallest absolute Gasteiger partial charge is 0.269 e. The number of nitro benzene ring substituents is 1. The van der Waals surface area contributed by atoms with Crippen molar-refractivity contribution in [3.05, 3.63) is 69.5 Å².